The van der Waals surface area contributed by atoms with E-state index in [1.165, 1.54) is 25.0 Å². The van der Waals surface area contributed by atoms with E-state index in [4.69, 9.17) is 10.5 Å². The predicted octanol–water partition coefficient (Wildman–Crippen LogP) is 0.835. The van der Waals surface area contributed by atoms with Gasteiger partial charge in [-0.2, -0.15) is 0 Å². The molecule has 0 aromatic carbocycles. The van der Waals surface area contributed by atoms with Crippen molar-refractivity contribution < 1.29 is 9.53 Å². The van der Waals surface area contributed by atoms with Crippen LogP contribution in [-0.2, 0) is 22.6 Å². The SMILES string of the molecule is COCCn1cncc1CN1CCC(C(N)=O)(N2CCCCC2)CC1. The Labute approximate surface area is 150 Å². The number of carbonyl (C=O) groups is 1. The first-order valence-corrected chi connectivity index (χ1v) is 9.41. The number of nitrogens with zero attached hydrogens (tertiary/aromatic N) is 4. The van der Waals surface area contributed by atoms with Crippen molar-refractivity contribution in [1.82, 2.24) is 19.4 Å². The Morgan fingerprint density at radius 3 is 2.60 bits per heavy atom. The van der Waals surface area contributed by atoms with Crippen LogP contribution in [-0.4, -0.2) is 70.7 Å². The maximum absolute atomic E-state index is 12.3. The third-order valence-electron chi connectivity index (χ3n) is 5.82. The molecule has 0 atom stereocenters. The number of piperidine rings is 2. The lowest BCUT2D eigenvalue weighted by atomic mass is 9.83. The summed E-state index contributed by atoms with van der Waals surface area (Å²) in [6.07, 6.45) is 9.07. The highest BCUT2D eigenvalue weighted by molar-refractivity contribution is 5.84. The molecule has 3 heterocycles. The number of methoxy groups -OCH3 is 1. The molecule has 1 aromatic rings. The molecule has 1 amide bonds. The summed E-state index contributed by atoms with van der Waals surface area (Å²) < 4.78 is 7.30. The van der Waals surface area contributed by atoms with Gasteiger partial charge >= 0.3 is 0 Å². The minimum Gasteiger partial charge on any atom is -0.383 e. The monoisotopic (exact) mass is 349 g/mol. The summed E-state index contributed by atoms with van der Waals surface area (Å²) >= 11 is 0. The van der Waals surface area contributed by atoms with Crippen molar-refractivity contribution in [3.05, 3.63) is 18.2 Å². The lowest BCUT2D eigenvalue weighted by Crippen LogP contribution is -2.63. The highest BCUT2D eigenvalue weighted by Crippen LogP contribution is 2.32. The molecule has 2 aliphatic heterocycles. The van der Waals surface area contributed by atoms with Gasteiger partial charge in [0.15, 0.2) is 0 Å². The average molecular weight is 349 g/mol. The number of aromatic nitrogens is 2. The number of imidazole rings is 1. The van der Waals surface area contributed by atoms with Gasteiger partial charge in [0.05, 0.1) is 18.6 Å². The van der Waals surface area contributed by atoms with E-state index >= 15 is 0 Å². The molecule has 7 heteroatoms. The molecule has 140 valence electrons. The predicted molar refractivity (Wildman–Crippen MR) is 96.0 cm³/mol. The number of carbonyl (C=O) groups excluding carboxylic acids is 1. The van der Waals surface area contributed by atoms with E-state index in [1.807, 2.05) is 12.5 Å². The van der Waals surface area contributed by atoms with E-state index in [-0.39, 0.29) is 5.91 Å². The zero-order valence-corrected chi connectivity index (χ0v) is 15.3. The maximum Gasteiger partial charge on any atom is 0.238 e. The van der Waals surface area contributed by atoms with Crippen LogP contribution in [0.15, 0.2) is 12.5 Å². The van der Waals surface area contributed by atoms with Crippen LogP contribution in [0, 0.1) is 0 Å². The van der Waals surface area contributed by atoms with Crippen LogP contribution in [0.1, 0.15) is 37.8 Å². The summed E-state index contributed by atoms with van der Waals surface area (Å²) in [5, 5.41) is 0. The molecule has 1 aromatic heterocycles. The Morgan fingerprint density at radius 1 is 1.24 bits per heavy atom. The second kappa shape index (κ2) is 8.29. The summed E-state index contributed by atoms with van der Waals surface area (Å²) in [7, 11) is 1.71. The molecule has 0 saturated carbocycles. The largest absolute Gasteiger partial charge is 0.383 e. The molecule has 0 bridgehead atoms. The lowest BCUT2D eigenvalue weighted by Gasteiger charge is -2.48. The van der Waals surface area contributed by atoms with E-state index < -0.39 is 5.54 Å². The molecule has 2 N–H and O–H groups in total. The highest BCUT2D eigenvalue weighted by Gasteiger charge is 2.45. The van der Waals surface area contributed by atoms with Crippen molar-refractivity contribution >= 4 is 5.91 Å². The zero-order valence-electron chi connectivity index (χ0n) is 15.3. The minimum atomic E-state index is -0.437. The van der Waals surface area contributed by atoms with E-state index in [9.17, 15) is 4.79 Å². The molecule has 2 saturated heterocycles. The number of nitrogens with two attached hydrogens (primary N) is 1. The van der Waals surface area contributed by atoms with E-state index in [2.05, 4.69) is 19.4 Å². The minimum absolute atomic E-state index is 0.140. The Hall–Kier alpha value is -1.44. The van der Waals surface area contributed by atoms with Crippen LogP contribution in [0.2, 0.25) is 0 Å². The number of likely N-dealkylation sites (tertiary alicyclic amines) is 2. The van der Waals surface area contributed by atoms with Crippen molar-refractivity contribution in [2.24, 2.45) is 5.73 Å². The molecule has 25 heavy (non-hydrogen) atoms. The topological polar surface area (TPSA) is 76.6 Å². The molecule has 2 aliphatic rings. The van der Waals surface area contributed by atoms with Crippen LogP contribution in [0.25, 0.3) is 0 Å². The first kappa shape index (κ1) is 18.4. The van der Waals surface area contributed by atoms with Gasteiger partial charge in [0.2, 0.25) is 5.91 Å². The second-order valence-corrected chi connectivity index (χ2v) is 7.29. The van der Waals surface area contributed by atoms with E-state index in [0.717, 1.165) is 52.1 Å². The number of ether oxygens (including phenoxy) is 1. The van der Waals surface area contributed by atoms with Crippen molar-refractivity contribution in [3.63, 3.8) is 0 Å². The van der Waals surface area contributed by atoms with Gasteiger partial charge in [0, 0.05) is 39.5 Å². The van der Waals surface area contributed by atoms with Gasteiger partial charge in [-0.1, -0.05) is 6.42 Å². The fourth-order valence-corrected chi connectivity index (χ4v) is 4.22. The molecule has 0 radical (unpaired) electrons. The Kier molecular flexibility index (Phi) is 6.09. The second-order valence-electron chi connectivity index (χ2n) is 7.29. The van der Waals surface area contributed by atoms with Gasteiger partial charge in [0.1, 0.15) is 5.54 Å². The van der Waals surface area contributed by atoms with Crippen molar-refractivity contribution in [2.45, 2.75) is 50.7 Å². The van der Waals surface area contributed by atoms with Crippen molar-refractivity contribution in [3.8, 4) is 0 Å². The first-order valence-electron chi connectivity index (χ1n) is 9.41. The number of hydrogen-bond acceptors (Lipinski definition) is 5. The van der Waals surface area contributed by atoms with Gasteiger partial charge in [-0.25, -0.2) is 4.98 Å². The van der Waals surface area contributed by atoms with Gasteiger partial charge in [-0.05, 0) is 38.8 Å². The van der Waals surface area contributed by atoms with E-state index in [0.29, 0.717) is 6.61 Å². The third-order valence-corrected chi connectivity index (χ3v) is 5.82. The number of hydrogen-bond donors (Lipinski definition) is 1. The maximum atomic E-state index is 12.3. The molecule has 7 nitrogen and oxygen atoms in total. The Bertz CT molecular complexity index is 560. The summed E-state index contributed by atoms with van der Waals surface area (Å²) in [4.78, 5) is 21.3. The fraction of sp³-hybridized carbons (Fsp3) is 0.778. The van der Waals surface area contributed by atoms with Gasteiger partial charge in [-0.15, -0.1) is 0 Å². The number of rotatable bonds is 7. The Morgan fingerprint density at radius 2 is 1.96 bits per heavy atom. The molecule has 3 rings (SSSR count). The smallest absolute Gasteiger partial charge is 0.238 e. The fourth-order valence-electron chi connectivity index (χ4n) is 4.22. The summed E-state index contributed by atoms with van der Waals surface area (Å²) in [6, 6.07) is 0. The van der Waals surface area contributed by atoms with Crippen LogP contribution in [0.5, 0.6) is 0 Å². The standard InChI is InChI=1S/C18H31N5O2/c1-25-12-11-22-15-20-13-16(22)14-21-9-5-18(6-10-21,17(19)24)23-7-3-2-4-8-23/h13,15H,2-12,14H2,1H3,(H2,19,24). The summed E-state index contributed by atoms with van der Waals surface area (Å²) in [6.45, 7) is 6.17. The van der Waals surface area contributed by atoms with Crippen LogP contribution in [0.3, 0.4) is 0 Å². The van der Waals surface area contributed by atoms with Gasteiger partial charge in [-0.3, -0.25) is 14.6 Å². The molecular formula is C18H31N5O2. The quantitative estimate of drug-likeness (QED) is 0.789. The molecule has 2 fully saturated rings. The van der Waals surface area contributed by atoms with Crippen molar-refractivity contribution in [2.75, 3.05) is 39.9 Å². The zero-order chi connectivity index (χ0) is 17.7. The summed E-state index contributed by atoms with van der Waals surface area (Å²) in [5.74, 6) is -0.140. The van der Waals surface area contributed by atoms with E-state index in [1.54, 1.807) is 7.11 Å². The number of primary amides is 1. The molecule has 0 unspecified atom stereocenters. The highest BCUT2D eigenvalue weighted by atomic mass is 16.5. The molecule has 0 aliphatic carbocycles. The van der Waals surface area contributed by atoms with Gasteiger partial charge in [0.25, 0.3) is 0 Å². The van der Waals surface area contributed by atoms with Crippen LogP contribution in [0.4, 0.5) is 0 Å². The molecule has 0 spiro atoms. The third kappa shape index (κ3) is 4.04. The summed E-state index contributed by atoms with van der Waals surface area (Å²) in [5.41, 5.74) is 6.62. The Balaban J connectivity index is 1.60. The number of amides is 1. The van der Waals surface area contributed by atoms with Crippen LogP contribution >= 0.6 is 0 Å². The van der Waals surface area contributed by atoms with Crippen molar-refractivity contribution in [1.29, 1.82) is 0 Å². The van der Waals surface area contributed by atoms with Crippen LogP contribution < -0.4 is 5.73 Å². The lowest BCUT2D eigenvalue weighted by molar-refractivity contribution is -0.135. The normalized spacial score (nSPS) is 22.1. The first-order chi connectivity index (χ1) is 12.2. The average Bonchev–Trinajstić information content (AvgIpc) is 3.08. The molecular weight excluding hydrogens is 318 g/mol. The van der Waals surface area contributed by atoms with Gasteiger partial charge < -0.3 is 15.0 Å².